The molecule has 0 unspecified atom stereocenters. The molecule has 1 aromatic carbocycles. The second-order valence-corrected chi connectivity index (χ2v) is 3.11. The molecule has 0 bridgehead atoms. The lowest BCUT2D eigenvalue weighted by Crippen LogP contribution is -1.80. The van der Waals surface area contributed by atoms with Gasteiger partial charge in [0, 0.05) is 5.02 Å². The van der Waals surface area contributed by atoms with Gasteiger partial charge in [-0.3, -0.25) is 0 Å². The van der Waals surface area contributed by atoms with Crippen LogP contribution >= 0.6 is 11.6 Å². The van der Waals surface area contributed by atoms with E-state index in [1.165, 1.54) is 6.92 Å². The Morgan fingerprint density at radius 3 is 2.50 bits per heavy atom. The van der Waals surface area contributed by atoms with Crippen molar-refractivity contribution < 1.29 is 4.39 Å². The summed E-state index contributed by atoms with van der Waals surface area (Å²) in [5.74, 6) is -0.169. The van der Waals surface area contributed by atoms with E-state index in [1.807, 2.05) is 12.1 Å². The summed E-state index contributed by atoms with van der Waals surface area (Å²) in [4.78, 5) is 0. The van der Waals surface area contributed by atoms with Crippen molar-refractivity contribution in [2.75, 3.05) is 0 Å². The Labute approximate surface area is 76.7 Å². The molecular weight excluding hydrogens is 175 g/mol. The fourth-order valence-electron chi connectivity index (χ4n) is 0.921. The van der Waals surface area contributed by atoms with E-state index in [0.717, 1.165) is 5.56 Å². The van der Waals surface area contributed by atoms with Crippen LogP contribution < -0.4 is 0 Å². The van der Waals surface area contributed by atoms with Gasteiger partial charge < -0.3 is 0 Å². The molecule has 0 aliphatic heterocycles. The van der Waals surface area contributed by atoms with Crippen LogP contribution in [0.5, 0.6) is 0 Å². The first-order chi connectivity index (χ1) is 5.61. The van der Waals surface area contributed by atoms with E-state index < -0.39 is 0 Å². The molecule has 2 heteroatoms. The Morgan fingerprint density at radius 2 is 2.00 bits per heavy atom. The van der Waals surface area contributed by atoms with Crippen LogP contribution in [0.2, 0.25) is 5.02 Å². The third-order valence-electron chi connectivity index (χ3n) is 1.77. The molecule has 1 rings (SSSR count). The van der Waals surface area contributed by atoms with Crippen molar-refractivity contribution in [2.45, 2.75) is 13.8 Å². The minimum atomic E-state index is -0.169. The third kappa shape index (κ3) is 2.08. The molecule has 0 saturated heterocycles. The van der Waals surface area contributed by atoms with Gasteiger partial charge >= 0.3 is 0 Å². The van der Waals surface area contributed by atoms with E-state index in [0.29, 0.717) is 10.6 Å². The van der Waals surface area contributed by atoms with E-state index in [4.69, 9.17) is 11.6 Å². The minimum Gasteiger partial charge on any atom is -0.212 e. The van der Waals surface area contributed by atoms with Crippen LogP contribution in [0.25, 0.3) is 5.57 Å². The minimum absolute atomic E-state index is 0.169. The van der Waals surface area contributed by atoms with Crippen LogP contribution in [-0.4, -0.2) is 0 Å². The van der Waals surface area contributed by atoms with Gasteiger partial charge in [-0.1, -0.05) is 23.7 Å². The maximum absolute atomic E-state index is 12.7. The Balaban J connectivity index is 3.13. The standard InChI is InChI=1S/C10H10ClF/c1-7(8(2)12)9-4-3-5-10(11)6-9/h3-6H,1-2H3/b8-7+. The molecule has 0 N–H and O–H groups in total. The largest absolute Gasteiger partial charge is 0.212 e. The van der Waals surface area contributed by atoms with Crippen molar-refractivity contribution in [3.8, 4) is 0 Å². The zero-order valence-electron chi connectivity index (χ0n) is 7.07. The van der Waals surface area contributed by atoms with Gasteiger partial charge in [0.25, 0.3) is 0 Å². The van der Waals surface area contributed by atoms with E-state index >= 15 is 0 Å². The fraction of sp³-hybridized carbons (Fsp3) is 0.200. The maximum atomic E-state index is 12.7. The van der Waals surface area contributed by atoms with Crippen molar-refractivity contribution in [3.63, 3.8) is 0 Å². The predicted molar refractivity (Wildman–Crippen MR) is 50.8 cm³/mol. The molecule has 12 heavy (non-hydrogen) atoms. The second kappa shape index (κ2) is 3.72. The van der Waals surface area contributed by atoms with Crippen LogP contribution in [0.3, 0.4) is 0 Å². The second-order valence-electron chi connectivity index (χ2n) is 2.67. The molecule has 0 saturated carbocycles. The number of benzene rings is 1. The van der Waals surface area contributed by atoms with Gasteiger partial charge in [-0.15, -0.1) is 0 Å². The molecule has 64 valence electrons. The van der Waals surface area contributed by atoms with Gasteiger partial charge in [-0.25, -0.2) is 4.39 Å². The summed E-state index contributed by atoms with van der Waals surface area (Å²) in [7, 11) is 0. The molecule has 0 atom stereocenters. The quantitative estimate of drug-likeness (QED) is 0.618. The van der Waals surface area contributed by atoms with Crippen molar-refractivity contribution >= 4 is 17.2 Å². The van der Waals surface area contributed by atoms with Crippen LogP contribution in [0.1, 0.15) is 19.4 Å². The smallest absolute Gasteiger partial charge is 0.100 e. The Kier molecular flexibility index (Phi) is 2.88. The van der Waals surface area contributed by atoms with Crippen LogP contribution in [0.15, 0.2) is 30.1 Å². The van der Waals surface area contributed by atoms with E-state index in [2.05, 4.69) is 0 Å². The lowest BCUT2D eigenvalue weighted by atomic mass is 10.1. The highest BCUT2D eigenvalue weighted by Gasteiger charge is 1.99. The van der Waals surface area contributed by atoms with Gasteiger partial charge in [0.05, 0.1) is 0 Å². The molecule has 0 aliphatic rings. The highest BCUT2D eigenvalue weighted by molar-refractivity contribution is 6.30. The molecule has 0 amide bonds. The number of halogens is 2. The normalized spacial score (nSPS) is 12.7. The van der Waals surface area contributed by atoms with Crippen molar-refractivity contribution in [1.82, 2.24) is 0 Å². The lowest BCUT2D eigenvalue weighted by Gasteiger charge is -2.01. The van der Waals surface area contributed by atoms with E-state index in [9.17, 15) is 4.39 Å². The number of rotatable bonds is 1. The molecule has 0 fully saturated rings. The Morgan fingerprint density at radius 1 is 1.33 bits per heavy atom. The summed E-state index contributed by atoms with van der Waals surface area (Å²) < 4.78 is 12.7. The van der Waals surface area contributed by atoms with Gasteiger partial charge in [-0.05, 0) is 37.1 Å². The lowest BCUT2D eigenvalue weighted by molar-refractivity contribution is 0.643. The highest BCUT2D eigenvalue weighted by Crippen LogP contribution is 2.21. The van der Waals surface area contributed by atoms with Crippen molar-refractivity contribution in [3.05, 3.63) is 40.7 Å². The van der Waals surface area contributed by atoms with Gasteiger partial charge in [-0.2, -0.15) is 0 Å². The summed E-state index contributed by atoms with van der Waals surface area (Å²) in [5.41, 5.74) is 1.47. The summed E-state index contributed by atoms with van der Waals surface area (Å²) in [6.45, 7) is 3.18. The van der Waals surface area contributed by atoms with E-state index in [1.54, 1.807) is 19.1 Å². The van der Waals surface area contributed by atoms with Crippen LogP contribution in [0, 0.1) is 0 Å². The molecule has 0 radical (unpaired) electrons. The first-order valence-electron chi connectivity index (χ1n) is 3.70. The van der Waals surface area contributed by atoms with Crippen LogP contribution in [-0.2, 0) is 0 Å². The molecule has 0 heterocycles. The van der Waals surface area contributed by atoms with Gasteiger partial charge in [0.15, 0.2) is 0 Å². The maximum Gasteiger partial charge on any atom is 0.100 e. The molecule has 0 nitrogen and oxygen atoms in total. The monoisotopic (exact) mass is 184 g/mol. The Hall–Kier alpha value is -0.820. The molecular formula is C10H10ClF. The van der Waals surface area contributed by atoms with Crippen LogP contribution in [0.4, 0.5) is 4.39 Å². The average molecular weight is 185 g/mol. The summed E-state index contributed by atoms with van der Waals surface area (Å²) >= 11 is 5.75. The predicted octanol–water partition coefficient (Wildman–Crippen LogP) is 4.06. The zero-order valence-corrected chi connectivity index (χ0v) is 7.82. The topological polar surface area (TPSA) is 0 Å². The first kappa shape index (κ1) is 9.27. The highest BCUT2D eigenvalue weighted by atomic mass is 35.5. The van der Waals surface area contributed by atoms with Crippen molar-refractivity contribution in [1.29, 1.82) is 0 Å². The third-order valence-corrected chi connectivity index (χ3v) is 2.01. The summed E-state index contributed by atoms with van der Waals surface area (Å²) in [6.07, 6.45) is 0. The molecule has 0 spiro atoms. The summed E-state index contributed by atoms with van der Waals surface area (Å²) in [5, 5.41) is 0.633. The molecule has 0 aromatic heterocycles. The molecule has 1 aromatic rings. The van der Waals surface area contributed by atoms with Gasteiger partial charge in [0.2, 0.25) is 0 Å². The number of hydrogen-bond donors (Lipinski definition) is 0. The SMILES string of the molecule is C/C(F)=C(/C)c1cccc(Cl)c1. The Bertz CT molecular complexity index is 311. The first-order valence-corrected chi connectivity index (χ1v) is 4.08. The fourth-order valence-corrected chi connectivity index (χ4v) is 1.11. The zero-order chi connectivity index (χ0) is 9.14. The number of hydrogen-bond acceptors (Lipinski definition) is 0. The number of allylic oxidation sites excluding steroid dienone is 2. The van der Waals surface area contributed by atoms with E-state index in [-0.39, 0.29) is 5.83 Å². The summed E-state index contributed by atoms with van der Waals surface area (Å²) in [6, 6.07) is 7.17. The van der Waals surface area contributed by atoms with Crippen molar-refractivity contribution in [2.24, 2.45) is 0 Å². The molecule has 0 aliphatic carbocycles. The van der Waals surface area contributed by atoms with Gasteiger partial charge in [0.1, 0.15) is 5.83 Å². The average Bonchev–Trinajstić information content (AvgIpc) is 2.03.